The zero-order chi connectivity index (χ0) is 16.8. The molecule has 3 aromatic rings. The SMILES string of the molecule is CN(C)C(c1ccccc1)c1ccccc1CCc1ccccc1. The molecule has 0 bridgehead atoms. The standard InChI is InChI=1S/C23H25N/c1-24(2)23(21-14-7-4-8-15-21)22-16-10-9-13-20(22)18-17-19-11-5-3-6-12-19/h3-16,23H,17-18H2,1-2H3. The van der Waals surface area contributed by atoms with Gasteiger partial charge < -0.3 is 0 Å². The van der Waals surface area contributed by atoms with Crippen molar-refractivity contribution in [2.45, 2.75) is 18.9 Å². The van der Waals surface area contributed by atoms with Crippen molar-refractivity contribution in [3.8, 4) is 0 Å². The van der Waals surface area contributed by atoms with E-state index in [2.05, 4.69) is 104 Å². The number of hydrogen-bond donors (Lipinski definition) is 0. The Hall–Kier alpha value is -2.38. The lowest BCUT2D eigenvalue weighted by Gasteiger charge is -2.27. The van der Waals surface area contributed by atoms with Crippen LogP contribution >= 0.6 is 0 Å². The lowest BCUT2D eigenvalue weighted by Crippen LogP contribution is -2.22. The molecule has 24 heavy (non-hydrogen) atoms. The highest BCUT2D eigenvalue weighted by Gasteiger charge is 2.19. The molecular formula is C23H25N. The molecule has 1 nitrogen and oxygen atoms in total. The molecule has 0 aromatic heterocycles. The van der Waals surface area contributed by atoms with Crippen molar-refractivity contribution in [1.29, 1.82) is 0 Å². The summed E-state index contributed by atoms with van der Waals surface area (Å²) in [5, 5.41) is 0. The van der Waals surface area contributed by atoms with Crippen molar-refractivity contribution < 1.29 is 0 Å². The van der Waals surface area contributed by atoms with Crippen molar-refractivity contribution >= 4 is 0 Å². The maximum Gasteiger partial charge on any atom is 0.0599 e. The molecule has 0 aliphatic rings. The smallest absolute Gasteiger partial charge is 0.0599 e. The van der Waals surface area contributed by atoms with Crippen LogP contribution in [0.15, 0.2) is 84.9 Å². The van der Waals surface area contributed by atoms with Crippen LogP contribution in [0.25, 0.3) is 0 Å². The molecule has 0 heterocycles. The highest BCUT2D eigenvalue weighted by molar-refractivity contribution is 5.38. The average molecular weight is 315 g/mol. The largest absolute Gasteiger partial charge is 0.299 e. The third-order valence-corrected chi connectivity index (χ3v) is 4.51. The molecule has 0 saturated carbocycles. The molecule has 0 N–H and O–H groups in total. The van der Waals surface area contributed by atoms with Gasteiger partial charge in [-0.15, -0.1) is 0 Å². The highest BCUT2D eigenvalue weighted by Crippen LogP contribution is 2.29. The summed E-state index contributed by atoms with van der Waals surface area (Å²) in [7, 11) is 4.32. The third kappa shape index (κ3) is 3.93. The van der Waals surface area contributed by atoms with Gasteiger partial charge in [0.05, 0.1) is 6.04 Å². The number of rotatable bonds is 6. The summed E-state index contributed by atoms with van der Waals surface area (Å²) in [6.07, 6.45) is 2.14. The van der Waals surface area contributed by atoms with E-state index in [9.17, 15) is 0 Å². The molecule has 1 unspecified atom stereocenters. The molecule has 0 saturated heterocycles. The monoisotopic (exact) mass is 315 g/mol. The first kappa shape index (κ1) is 16.5. The highest BCUT2D eigenvalue weighted by atomic mass is 15.1. The van der Waals surface area contributed by atoms with Gasteiger partial charge in [0.2, 0.25) is 0 Å². The molecule has 1 atom stereocenters. The Balaban J connectivity index is 1.89. The second-order valence-electron chi connectivity index (χ2n) is 6.46. The van der Waals surface area contributed by atoms with Gasteiger partial charge in [-0.05, 0) is 49.2 Å². The molecule has 122 valence electrons. The number of benzene rings is 3. The van der Waals surface area contributed by atoms with Crippen LogP contribution in [-0.4, -0.2) is 19.0 Å². The Bertz CT molecular complexity index is 747. The van der Waals surface area contributed by atoms with Gasteiger partial charge in [0.1, 0.15) is 0 Å². The molecule has 0 fully saturated rings. The van der Waals surface area contributed by atoms with Crippen molar-refractivity contribution in [2.75, 3.05) is 14.1 Å². The molecule has 0 radical (unpaired) electrons. The van der Waals surface area contributed by atoms with Gasteiger partial charge >= 0.3 is 0 Å². The summed E-state index contributed by atoms with van der Waals surface area (Å²) < 4.78 is 0. The molecule has 3 aromatic carbocycles. The van der Waals surface area contributed by atoms with Gasteiger partial charge in [0.25, 0.3) is 0 Å². The van der Waals surface area contributed by atoms with Gasteiger partial charge in [0.15, 0.2) is 0 Å². The topological polar surface area (TPSA) is 3.24 Å². The predicted molar refractivity (Wildman–Crippen MR) is 102 cm³/mol. The molecule has 0 aliphatic heterocycles. The van der Waals surface area contributed by atoms with Crippen LogP contribution in [0, 0.1) is 0 Å². The first-order valence-electron chi connectivity index (χ1n) is 8.59. The Kier molecular flexibility index (Phi) is 5.45. The van der Waals surface area contributed by atoms with E-state index in [1.165, 1.54) is 22.3 Å². The lowest BCUT2D eigenvalue weighted by molar-refractivity contribution is 0.340. The van der Waals surface area contributed by atoms with Crippen molar-refractivity contribution in [3.05, 3.63) is 107 Å². The summed E-state index contributed by atoms with van der Waals surface area (Å²) in [4.78, 5) is 2.30. The zero-order valence-electron chi connectivity index (χ0n) is 14.5. The Labute approximate surface area is 145 Å². The number of nitrogens with zero attached hydrogens (tertiary/aromatic N) is 1. The molecule has 1 heteroatoms. The Morgan fingerprint density at radius 3 is 1.92 bits per heavy atom. The summed E-state index contributed by atoms with van der Waals surface area (Å²) in [5.41, 5.74) is 5.58. The fourth-order valence-corrected chi connectivity index (χ4v) is 3.34. The van der Waals surface area contributed by atoms with Crippen LogP contribution in [0.5, 0.6) is 0 Å². The van der Waals surface area contributed by atoms with E-state index in [1.54, 1.807) is 0 Å². The zero-order valence-corrected chi connectivity index (χ0v) is 14.5. The normalized spacial score (nSPS) is 12.3. The van der Waals surface area contributed by atoms with E-state index in [4.69, 9.17) is 0 Å². The fraction of sp³-hybridized carbons (Fsp3) is 0.217. The van der Waals surface area contributed by atoms with E-state index in [1.807, 2.05) is 0 Å². The summed E-state index contributed by atoms with van der Waals surface area (Å²) >= 11 is 0. The predicted octanol–water partition coefficient (Wildman–Crippen LogP) is 5.12. The Morgan fingerprint density at radius 1 is 0.667 bits per heavy atom. The first-order chi connectivity index (χ1) is 11.8. The summed E-state index contributed by atoms with van der Waals surface area (Å²) in [6.45, 7) is 0. The van der Waals surface area contributed by atoms with E-state index in [0.717, 1.165) is 12.8 Å². The van der Waals surface area contributed by atoms with Gasteiger partial charge in [-0.25, -0.2) is 0 Å². The second-order valence-corrected chi connectivity index (χ2v) is 6.46. The maximum atomic E-state index is 2.30. The minimum Gasteiger partial charge on any atom is -0.299 e. The van der Waals surface area contributed by atoms with E-state index in [-0.39, 0.29) is 6.04 Å². The van der Waals surface area contributed by atoms with Gasteiger partial charge in [0, 0.05) is 0 Å². The average Bonchev–Trinajstić information content (AvgIpc) is 2.63. The minimum atomic E-state index is 0.290. The van der Waals surface area contributed by atoms with Crippen molar-refractivity contribution in [1.82, 2.24) is 4.90 Å². The van der Waals surface area contributed by atoms with Crippen molar-refractivity contribution in [2.24, 2.45) is 0 Å². The molecule has 3 rings (SSSR count). The van der Waals surface area contributed by atoms with E-state index >= 15 is 0 Å². The van der Waals surface area contributed by atoms with E-state index < -0.39 is 0 Å². The fourth-order valence-electron chi connectivity index (χ4n) is 3.34. The Morgan fingerprint density at radius 2 is 1.25 bits per heavy atom. The van der Waals surface area contributed by atoms with Crippen LogP contribution < -0.4 is 0 Å². The maximum absolute atomic E-state index is 2.30. The van der Waals surface area contributed by atoms with E-state index in [0.29, 0.717) is 0 Å². The van der Waals surface area contributed by atoms with Crippen LogP contribution in [0.3, 0.4) is 0 Å². The third-order valence-electron chi connectivity index (χ3n) is 4.51. The molecule has 0 aliphatic carbocycles. The van der Waals surface area contributed by atoms with Crippen LogP contribution in [0.4, 0.5) is 0 Å². The molecule has 0 spiro atoms. The molecule has 0 amide bonds. The number of hydrogen-bond acceptors (Lipinski definition) is 1. The second kappa shape index (κ2) is 7.94. The molecular weight excluding hydrogens is 290 g/mol. The van der Waals surface area contributed by atoms with Gasteiger partial charge in [-0.3, -0.25) is 4.90 Å². The van der Waals surface area contributed by atoms with Crippen LogP contribution in [0.2, 0.25) is 0 Å². The van der Waals surface area contributed by atoms with Crippen molar-refractivity contribution in [3.63, 3.8) is 0 Å². The minimum absolute atomic E-state index is 0.290. The summed E-state index contributed by atoms with van der Waals surface area (Å²) in [5.74, 6) is 0. The quantitative estimate of drug-likeness (QED) is 0.610. The van der Waals surface area contributed by atoms with Crippen LogP contribution in [0.1, 0.15) is 28.3 Å². The lowest BCUT2D eigenvalue weighted by atomic mass is 9.91. The van der Waals surface area contributed by atoms with Gasteiger partial charge in [-0.1, -0.05) is 84.9 Å². The summed E-state index contributed by atoms with van der Waals surface area (Å²) in [6, 6.07) is 30.7. The van der Waals surface area contributed by atoms with Crippen LogP contribution in [-0.2, 0) is 12.8 Å². The first-order valence-corrected chi connectivity index (χ1v) is 8.59. The van der Waals surface area contributed by atoms with Gasteiger partial charge in [-0.2, -0.15) is 0 Å². The number of aryl methyl sites for hydroxylation is 2.